The van der Waals surface area contributed by atoms with Crippen LogP contribution in [0.15, 0.2) is 45.6 Å². The molecule has 0 spiro atoms. The predicted octanol–water partition coefficient (Wildman–Crippen LogP) is 3.46. The minimum absolute atomic E-state index is 0.0668. The van der Waals surface area contributed by atoms with Gasteiger partial charge in [-0.25, -0.2) is 4.79 Å². The van der Waals surface area contributed by atoms with Gasteiger partial charge < -0.3 is 19.0 Å². The number of phenolic OH excluding ortho intramolecular Hbond substituents is 1. The predicted molar refractivity (Wildman–Crippen MR) is 104 cm³/mol. The van der Waals surface area contributed by atoms with E-state index in [2.05, 4.69) is 4.90 Å². The lowest BCUT2D eigenvalue weighted by Crippen LogP contribution is -2.19. The molecule has 6 nitrogen and oxygen atoms in total. The largest absolute Gasteiger partial charge is 0.508 e. The molecular formula is C21H23NO5. The third-order valence-electron chi connectivity index (χ3n) is 4.54. The van der Waals surface area contributed by atoms with Crippen LogP contribution in [0.5, 0.6) is 17.2 Å². The average molecular weight is 369 g/mol. The normalized spacial score (nSPS) is 11.1. The zero-order chi connectivity index (χ0) is 19.6. The number of benzene rings is 2. The van der Waals surface area contributed by atoms with E-state index in [0.29, 0.717) is 30.2 Å². The fraction of sp³-hybridized carbons (Fsp3) is 0.286. The molecule has 2 aromatic carbocycles. The fourth-order valence-electron chi connectivity index (χ4n) is 3.18. The van der Waals surface area contributed by atoms with E-state index in [0.717, 1.165) is 22.1 Å². The smallest absolute Gasteiger partial charge is 0.336 e. The first kappa shape index (κ1) is 18.8. The molecule has 27 heavy (non-hydrogen) atoms. The zero-order valence-corrected chi connectivity index (χ0v) is 15.9. The van der Waals surface area contributed by atoms with Crippen LogP contribution in [0.25, 0.3) is 11.0 Å². The number of fused-ring (bicyclic) bond motifs is 1. The van der Waals surface area contributed by atoms with Crippen LogP contribution >= 0.6 is 0 Å². The Bertz CT molecular complexity index is 1020. The summed E-state index contributed by atoms with van der Waals surface area (Å²) in [6.07, 6.45) is 0. The standard InChI is InChI=1S/C21H23NO5/c1-13-7-19(25-3)20(26-4)8-14(13)11-22(2)12-15-9-21(24)27-18-10-16(23)5-6-17(15)18/h5-10,23H,11-12H2,1-4H3. The van der Waals surface area contributed by atoms with Crippen LogP contribution in [-0.2, 0) is 13.1 Å². The first-order valence-corrected chi connectivity index (χ1v) is 8.57. The molecule has 1 heterocycles. The number of phenols is 1. The Kier molecular flexibility index (Phi) is 5.37. The number of aryl methyl sites for hydroxylation is 1. The molecule has 0 amide bonds. The second kappa shape index (κ2) is 7.72. The average Bonchev–Trinajstić information content (AvgIpc) is 2.62. The first-order chi connectivity index (χ1) is 12.9. The molecule has 1 aromatic heterocycles. The maximum Gasteiger partial charge on any atom is 0.336 e. The van der Waals surface area contributed by atoms with Gasteiger partial charge in [0, 0.05) is 30.6 Å². The lowest BCUT2D eigenvalue weighted by molar-refractivity contribution is 0.316. The fourth-order valence-corrected chi connectivity index (χ4v) is 3.18. The van der Waals surface area contributed by atoms with Crippen LogP contribution < -0.4 is 15.1 Å². The Morgan fingerprint density at radius 1 is 1.00 bits per heavy atom. The van der Waals surface area contributed by atoms with Gasteiger partial charge in [0.2, 0.25) is 0 Å². The molecule has 0 unspecified atom stereocenters. The molecule has 0 aliphatic rings. The molecule has 1 N–H and O–H groups in total. The van der Waals surface area contributed by atoms with Gasteiger partial charge in [0.15, 0.2) is 11.5 Å². The number of hydrogen-bond donors (Lipinski definition) is 1. The van der Waals surface area contributed by atoms with E-state index in [4.69, 9.17) is 13.9 Å². The van der Waals surface area contributed by atoms with E-state index in [1.54, 1.807) is 26.4 Å². The quantitative estimate of drug-likeness (QED) is 0.671. The molecule has 3 aromatic rings. The van der Waals surface area contributed by atoms with Gasteiger partial charge in [0.05, 0.1) is 14.2 Å². The number of methoxy groups -OCH3 is 2. The minimum atomic E-state index is -0.432. The van der Waals surface area contributed by atoms with Crippen molar-refractivity contribution >= 4 is 11.0 Å². The van der Waals surface area contributed by atoms with Crippen molar-refractivity contribution in [1.29, 1.82) is 0 Å². The molecular weight excluding hydrogens is 346 g/mol. The number of hydrogen-bond acceptors (Lipinski definition) is 6. The highest BCUT2D eigenvalue weighted by Crippen LogP contribution is 2.31. The second-order valence-corrected chi connectivity index (χ2v) is 6.58. The molecule has 3 rings (SSSR count). The van der Waals surface area contributed by atoms with Crippen molar-refractivity contribution in [3.63, 3.8) is 0 Å². The number of nitrogens with zero attached hydrogens (tertiary/aromatic N) is 1. The first-order valence-electron chi connectivity index (χ1n) is 8.57. The highest BCUT2D eigenvalue weighted by atomic mass is 16.5. The van der Waals surface area contributed by atoms with Crippen LogP contribution in [0.4, 0.5) is 0 Å². The van der Waals surface area contributed by atoms with Gasteiger partial charge in [-0.05, 0) is 54.9 Å². The van der Waals surface area contributed by atoms with Crippen molar-refractivity contribution in [2.45, 2.75) is 20.0 Å². The number of rotatable bonds is 6. The highest BCUT2D eigenvalue weighted by Gasteiger charge is 2.13. The maximum absolute atomic E-state index is 11.9. The molecule has 6 heteroatoms. The van der Waals surface area contributed by atoms with Gasteiger partial charge in [-0.1, -0.05) is 0 Å². The van der Waals surface area contributed by atoms with Gasteiger partial charge >= 0.3 is 5.63 Å². The SMILES string of the molecule is COc1cc(C)c(CN(C)Cc2cc(=O)oc3cc(O)ccc23)cc1OC. The third-order valence-corrected chi connectivity index (χ3v) is 4.54. The summed E-state index contributed by atoms with van der Waals surface area (Å²) in [5, 5.41) is 10.4. The Balaban J connectivity index is 1.88. The van der Waals surface area contributed by atoms with E-state index in [1.165, 1.54) is 12.1 Å². The van der Waals surface area contributed by atoms with Crippen LogP contribution in [0.1, 0.15) is 16.7 Å². The van der Waals surface area contributed by atoms with Crippen molar-refractivity contribution in [2.75, 3.05) is 21.3 Å². The molecule has 142 valence electrons. The summed E-state index contributed by atoms with van der Waals surface area (Å²) in [7, 11) is 5.22. The van der Waals surface area contributed by atoms with Gasteiger partial charge in [0.25, 0.3) is 0 Å². The molecule has 0 bridgehead atoms. The van der Waals surface area contributed by atoms with Crippen molar-refractivity contribution in [3.8, 4) is 17.2 Å². The van der Waals surface area contributed by atoms with E-state index in [1.807, 2.05) is 26.1 Å². The monoisotopic (exact) mass is 369 g/mol. The van der Waals surface area contributed by atoms with Gasteiger partial charge in [0.1, 0.15) is 11.3 Å². The van der Waals surface area contributed by atoms with Crippen LogP contribution in [-0.4, -0.2) is 31.3 Å². The van der Waals surface area contributed by atoms with Gasteiger partial charge in [-0.2, -0.15) is 0 Å². The third kappa shape index (κ3) is 4.06. The van der Waals surface area contributed by atoms with Gasteiger partial charge in [-0.3, -0.25) is 4.90 Å². The number of ether oxygens (including phenoxy) is 2. The Morgan fingerprint density at radius 3 is 2.37 bits per heavy atom. The summed E-state index contributed by atoms with van der Waals surface area (Å²) in [5.74, 6) is 1.46. The molecule has 0 aliphatic heterocycles. The highest BCUT2D eigenvalue weighted by molar-refractivity contribution is 5.81. The van der Waals surface area contributed by atoms with E-state index in [9.17, 15) is 9.90 Å². The molecule has 0 aliphatic carbocycles. The summed E-state index contributed by atoms with van der Waals surface area (Å²) >= 11 is 0. The summed E-state index contributed by atoms with van der Waals surface area (Å²) < 4.78 is 15.9. The number of aromatic hydroxyl groups is 1. The Labute approximate surface area is 157 Å². The summed E-state index contributed by atoms with van der Waals surface area (Å²) in [4.78, 5) is 14.0. The van der Waals surface area contributed by atoms with Crippen LogP contribution in [0.3, 0.4) is 0 Å². The minimum Gasteiger partial charge on any atom is -0.508 e. The van der Waals surface area contributed by atoms with Crippen LogP contribution in [0, 0.1) is 6.92 Å². The zero-order valence-electron chi connectivity index (χ0n) is 15.9. The van der Waals surface area contributed by atoms with Crippen LogP contribution in [0.2, 0.25) is 0 Å². The Morgan fingerprint density at radius 2 is 1.67 bits per heavy atom. The van der Waals surface area contributed by atoms with Crippen molar-refractivity contribution < 1.29 is 19.0 Å². The lowest BCUT2D eigenvalue weighted by Gasteiger charge is -2.20. The van der Waals surface area contributed by atoms with Crippen molar-refractivity contribution in [2.24, 2.45) is 0 Å². The summed E-state index contributed by atoms with van der Waals surface area (Å²) in [6, 6.07) is 10.2. The molecule has 0 radical (unpaired) electrons. The topological polar surface area (TPSA) is 72.1 Å². The molecule has 0 atom stereocenters. The lowest BCUT2D eigenvalue weighted by atomic mass is 10.1. The summed E-state index contributed by atoms with van der Waals surface area (Å²) in [5.41, 5.74) is 3.01. The molecule has 0 fully saturated rings. The van der Waals surface area contributed by atoms with Crippen molar-refractivity contribution in [1.82, 2.24) is 4.90 Å². The summed E-state index contributed by atoms with van der Waals surface area (Å²) in [6.45, 7) is 3.26. The van der Waals surface area contributed by atoms with Crippen molar-refractivity contribution in [3.05, 3.63) is 63.5 Å². The maximum atomic E-state index is 11.9. The van der Waals surface area contributed by atoms with Gasteiger partial charge in [-0.15, -0.1) is 0 Å². The van der Waals surface area contributed by atoms with E-state index in [-0.39, 0.29) is 5.75 Å². The van der Waals surface area contributed by atoms with E-state index >= 15 is 0 Å². The second-order valence-electron chi connectivity index (χ2n) is 6.58. The Hall–Kier alpha value is -2.99. The molecule has 0 saturated carbocycles. The molecule has 0 saturated heterocycles. The van der Waals surface area contributed by atoms with E-state index < -0.39 is 5.63 Å².